The molecule has 0 atom stereocenters. The first kappa shape index (κ1) is 22.5. The van der Waals surface area contributed by atoms with Crippen molar-refractivity contribution >= 4 is 32.3 Å². The number of hydrogen-bond acceptors (Lipinski definition) is 4. The van der Waals surface area contributed by atoms with Gasteiger partial charge in [0.2, 0.25) is 0 Å². The lowest BCUT2D eigenvalue weighted by molar-refractivity contribution is 1.08. The smallest absolute Gasteiger partial charge is 0.164 e. The van der Waals surface area contributed by atoms with Crippen LogP contribution in [0.25, 0.3) is 77.6 Å². The van der Waals surface area contributed by atoms with E-state index in [9.17, 15) is 0 Å². The molecule has 0 amide bonds. The Morgan fingerprint density at radius 2 is 1.00 bits per heavy atom. The van der Waals surface area contributed by atoms with Crippen molar-refractivity contribution in [3.05, 3.63) is 134 Å². The lowest BCUT2D eigenvalue weighted by Gasteiger charge is -2.15. The summed E-state index contributed by atoms with van der Waals surface area (Å²) in [6.07, 6.45) is 3.66. The lowest BCUT2D eigenvalue weighted by atomic mass is 9.92. The van der Waals surface area contributed by atoms with Crippen LogP contribution in [0.3, 0.4) is 0 Å². The first-order chi connectivity index (χ1) is 19.8. The van der Waals surface area contributed by atoms with Gasteiger partial charge in [-0.05, 0) is 50.0 Å². The van der Waals surface area contributed by atoms with Crippen LogP contribution >= 0.6 is 0 Å². The van der Waals surface area contributed by atoms with E-state index in [0.29, 0.717) is 17.5 Å². The summed E-state index contributed by atoms with van der Waals surface area (Å²) >= 11 is 0. The third-order valence-corrected chi connectivity index (χ3v) is 7.58. The zero-order valence-electron chi connectivity index (χ0n) is 21.5. The van der Waals surface area contributed by atoms with Gasteiger partial charge in [-0.3, -0.25) is 4.98 Å². The summed E-state index contributed by atoms with van der Waals surface area (Å²) in [5.41, 5.74) is 4.93. The van der Waals surface area contributed by atoms with Crippen molar-refractivity contribution in [1.82, 2.24) is 19.9 Å². The average Bonchev–Trinajstić information content (AvgIpc) is 3.04. The van der Waals surface area contributed by atoms with Crippen LogP contribution < -0.4 is 0 Å². The van der Waals surface area contributed by atoms with Gasteiger partial charge in [-0.15, -0.1) is 0 Å². The van der Waals surface area contributed by atoms with Gasteiger partial charge in [0.1, 0.15) is 0 Å². The van der Waals surface area contributed by atoms with Crippen molar-refractivity contribution < 1.29 is 0 Å². The summed E-state index contributed by atoms with van der Waals surface area (Å²) in [7, 11) is 0. The number of pyridine rings is 1. The number of rotatable bonds is 4. The zero-order valence-corrected chi connectivity index (χ0v) is 21.5. The van der Waals surface area contributed by atoms with Gasteiger partial charge in [-0.1, -0.05) is 109 Å². The maximum absolute atomic E-state index is 5.13. The van der Waals surface area contributed by atoms with Crippen LogP contribution in [-0.4, -0.2) is 19.9 Å². The molecule has 0 aliphatic rings. The molecule has 0 N–H and O–H groups in total. The van der Waals surface area contributed by atoms with E-state index in [-0.39, 0.29) is 0 Å². The topological polar surface area (TPSA) is 51.6 Å². The Morgan fingerprint density at radius 1 is 0.375 bits per heavy atom. The largest absolute Gasteiger partial charge is 0.264 e. The minimum Gasteiger partial charge on any atom is -0.264 e. The maximum Gasteiger partial charge on any atom is 0.164 e. The fraction of sp³-hybridized carbons (Fsp3) is 0. The minimum atomic E-state index is 0.633. The Morgan fingerprint density at radius 3 is 1.77 bits per heavy atom. The Bertz CT molecular complexity index is 2140. The third kappa shape index (κ3) is 3.62. The Balaban J connectivity index is 1.42. The molecule has 0 saturated carbocycles. The highest BCUT2D eigenvalue weighted by atomic mass is 15.0. The predicted molar refractivity (Wildman–Crippen MR) is 163 cm³/mol. The molecule has 2 aromatic heterocycles. The van der Waals surface area contributed by atoms with Gasteiger partial charge >= 0.3 is 0 Å². The molecule has 0 fully saturated rings. The quantitative estimate of drug-likeness (QED) is 0.222. The molecular formula is C36H22N4. The number of hydrogen-bond donors (Lipinski definition) is 0. The summed E-state index contributed by atoms with van der Waals surface area (Å²) in [5, 5.41) is 7.34. The summed E-state index contributed by atoms with van der Waals surface area (Å²) in [6, 6.07) is 41.9. The molecule has 0 unspecified atom stereocenters. The van der Waals surface area contributed by atoms with Crippen molar-refractivity contribution in [2.75, 3.05) is 0 Å². The highest BCUT2D eigenvalue weighted by Crippen LogP contribution is 2.39. The van der Waals surface area contributed by atoms with Crippen LogP contribution in [-0.2, 0) is 0 Å². The summed E-state index contributed by atoms with van der Waals surface area (Å²) in [4.78, 5) is 19.5. The van der Waals surface area contributed by atoms with Gasteiger partial charge in [0.15, 0.2) is 17.5 Å². The molecular weight excluding hydrogens is 488 g/mol. The van der Waals surface area contributed by atoms with Gasteiger partial charge in [0.05, 0.1) is 0 Å². The second-order valence-electron chi connectivity index (χ2n) is 9.93. The fourth-order valence-electron chi connectivity index (χ4n) is 5.72. The standard InChI is InChI=1S/C36H22N4/c1-2-8-26(9-3-1)34-38-35(30-14-5-4-13-28(30)27-12-7-21-37-22-27)40-36(39-34)31-20-18-25-16-15-23-10-6-11-24-17-19-29(31)33(25)32(23)24/h1-22H. The first-order valence-corrected chi connectivity index (χ1v) is 13.3. The molecule has 0 saturated heterocycles. The van der Waals surface area contributed by atoms with Crippen LogP contribution in [0.5, 0.6) is 0 Å². The molecule has 8 aromatic rings. The van der Waals surface area contributed by atoms with E-state index in [1.165, 1.54) is 26.9 Å². The van der Waals surface area contributed by atoms with Crippen LogP contribution in [0.2, 0.25) is 0 Å². The van der Waals surface area contributed by atoms with Gasteiger partial charge in [-0.2, -0.15) is 0 Å². The molecule has 8 rings (SSSR count). The minimum absolute atomic E-state index is 0.633. The van der Waals surface area contributed by atoms with Crippen LogP contribution in [0, 0.1) is 0 Å². The molecule has 0 spiro atoms. The molecule has 4 nitrogen and oxygen atoms in total. The second-order valence-corrected chi connectivity index (χ2v) is 9.93. The van der Waals surface area contributed by atoms with Crippen molar-refractivity contribution in [3.63, 3.8) is 0 Å². The highest BCUT2D eigenvalue weighted by molar-refractivity contribution is 6.25. The van der Waals surface area contributed by atoms with Crippen molar-refractivity contribution in [3.8, 4) is 45.3 Å². The lowest BCUT2D eigenvalue weighted by Crippen LogP contribution is -2.01. The van der Waals surface area contributed by atoms with E-state index in [1.54, 1.807) is 6.20 Å². The molecule has 40 heavy (non-hydrogen) atoms. The molecule has 6 aromatic carbocycles. The number of benzene rings is 6. The van der Waals surface area contributed by atoms with Crippen molar-refractivity contribution in [2.45, 2.75) is 0 Å². The van der Waals surface area contributed by atoms with Crippen LogP contribution in [0.15, 0.2) is 134 Å². The van der Waals surface area contributed by atoms with Crippen molar-refractivity contribution in [2.24, 2.45) is 0 Å². The Kier molecular flexibility index (Phi) is 5.10. The second kappa shape index (κ2) is 9.07. The van der Waals surface area contributed by atoms with Gasteiger partial charge in [0, 0.05) is 34.6 Å². The predicted octanol–water partition coefficient (Wildman–Crippen LogP) is 8.83. The van der Waals surface area contributed by atoms with Gasteiger partial charge in [-0.25, -0.2) is 15.0 Å². The Hall–Kier alpha value is -5.48. The molecule has 2 heterocycles. The molecule has 0 aliphatic carbocycles. The summed E-state index contributed by atoms with van der Waals surface area (Å²) in [5.74, 6) is 1.93. The van der Waals surface area contributed by atoms with Crippen LogP contribution in [0.1, 0.15) is 0 Å². The van der Waals surface area contributed by atoms with E-state index in [1.807, 2.05) is 54.7 Å². The van der Waals surface area contributed by atoms with E-state index >= 15 is 0 Å². The van der Waals surface area contributed by atoms with Crippen molar-refractivity contribution in [1.29, 1.82) is 0 Å². The average molecular weight is 511 g/mol. The SMILES string of the molecule is c1ccc(-c2nc(-c3ccccc3-c3cccnc3)nc(-c3ccc4ccc5cccc6ccc3c4c56)n2)cc1. The first-order valence-electron chi connectivity index (χ1n) is 13.3. The molecule has 186 valence electrons. The van der Waals surface area contributed by atoms with E-state index in [4.69, 9.17) is 15.0 Å². The number of nitrogens with zero attached hydrogens (tertiary/aromatic N) is 4. The monoisotopic (exact) mass is 510 g/mol. The molecule has 0 bridgehead atoms. The van der Waals surface area contributed by atoms with Crippen LogP contribution in [0.4, 0.5) is 0 Å². The Labute approximate surface area is 231 Å². The van der Waals surface area contributed by atoms with E-state index in [0.717, 1.165) is 33.2 Å². The highest BCUT2D eigenvalue weighted by Gasteiger charge is 2.18. The van der Waals surface area contributed by atoms with Gasteiger partial charge in [0.25, 0.3) is 0 Å². The zero-order chi connectivity index (χ0) is 26.5. The molecule has 0 radical (unpaired) electrons. The normalized spacial score (nSPS) is 11.5. The molecule has 0 aliphatic heterocycles. The van der Waals surface area contributed by atoms with E-state index < -0.39 is 0 Å². The van der Waals surface area contributed by atoms with Gasteiger partial charge < -0.3 is 0 Å². The summed E-state index contributed by atoms with van der Waals surface area (Å²) in [6.45, 7) is 0. The fourth-order valence-corrected chi connectivity index (χ4v) is 5.72. The number of aromatic nitrogens is 4. The summed E-state index contributed by atoms with van der Waals surface area (Å²) < 4.78 is 0. The third-order valence-electron chi connectivity index (χ3n) is 7.58. The van der Waals surface area contributed by atoms with E-state index in [2.05, 4.69) is 77.8 Å². The maximum atomic E-state index is 5.13. The molecule has 4 heteroatoms.